The van der Waals surface area contributed by atoms with Crippen LogP contribution in [0.25, 0.3) is 16.2 Å². The van der Waals surface area contributed by atoms with Crippen molar-refractivity contribution in [2.45, 2.75) is 0 Å². The summed E-state index contributed by atoms with van der Waals surface area (Å²) in [6.07, 6.45) is 0. The molecular weight excluding hydrogens is 208 g/mol. The lowest BCUT2D eigenvalue weighted by Gasteiger charge is -1.99. The lowest BCUT2D eigenvalue weighted by molar-refractivity contribution is 1.12. The van der Waals surface area contributed by atoms with Crippen LogP contribution in [0.5, 0.6) is 0 Å². The minimum atomic E-state index is 0.435. The van der Waals surface area contributed by atoms with Crippen molar-refractivity contribution in [1.29, 1.82) is 0 Å². The van der Waals surface area contributed by atoms with E-state index in [0.29, 0.717) is 5.95 Å². The van der Waals surface area contributed by atoms with Crippen molar-refractivity contribution < 1.29 is 0 Å². The number of nitrogens with two attached hydrogens (primary N) is 1. The molecule has 74 valence electrons. The zero-order valence-corrected chi connectivity index (χ0v) is 8.61. The van der Waals surface area contributed by atoms with Gasteiger partial charge in [-0.25, -0.2) is 0 Å². The molecule has 0 unspecified atom stereocenters. The maximum atomic E-state index is 5.75. The lowest BCUT2D eigenvalue weighted by atomic mass is 10.2. The van der Waals surface area contributed by atoms with Crippen LogP contribution in [0.15, 0.2) is 35.7 Å². The summed E-state index contributed by atoms with van der Waals surface area (Å²) in [4.78, 5) is 0.825. The van der Waals surface area contributed by atoms with E-state index in [1.54, 1.807) is 0 Å². The average Bonchev–Trinajstić information content (AvgIpc) is 2.84. The molecule has 3 rings (SSSR count). The first-order chi connectivity index (χ1) is 7.36. The molecule has 0 amide bonds. The molecule has 0 radical (unpaired) electrons. The highest BCUT2D eigenvalue weighted by atomic mass is 32.1. The fraction of sp³-hybridized carbons (Fsp3) is 0. The molecular formula is C10H8N4S. The number of thiazole rings is 1. The third-order valence-electron chi connectivity index (χ3n) is 2.24. The Bertz CT molecular complexity index is 596. The van der Waals surface area contributed by atoms with E-state index in [9.17, 15) is 0 Å². The summed E-state index contributed by atoms with van der Waals surface area (Å²) in [5.74, 6) is 0.435. The molecule has 0 atom stereocenters. The van der Waals surface area contributed by atoms with E-state index in [1.807, 2.05) is 40.1 Å². The van der Waals surface area contributed by atoms with Gasteiger partial charge in [0, 0.05) is 5.38 Å². The van der Waals surface area contributed by atoms with Gasteiger partial charge < -0.3 is 5.73 Å². The highest BCUT2D eigenvalue weighted by Gasteiger charge is 2.10. The first-order valence-corrected chi connectivity index (χ1v) is 5.38. The molecule has 0 fully saturated rings. The van der Waals surface area contributed by atoms with Gasteiger partial charge in [-0.05, 0) is 5.56 Å². The number of nitrogens with zero attached hydrogens (tertiary/aromatic N) is 3. The van der Waals surface area contributed by atoms with Crippen molar-refractivity contribution in [3.8, 4) is 11.3 Å². The van der Waals surface area contributed by atoms with Crippen molar-refractivity contribution in [2.24, 2.45) is 0 Å². The van der Waals surface area contributed by atoms with Crippen molar-refractivity contribution in [1.82, 2.24) is 14.6 Å². The van der Waals surface area contributed by atoms with Gasteiger partial charge in [-0.1, -0.05) is 30.3 Å². The maximum Gasteiger partial charge on any atom is 0.227 e. The van der Waals surface area contributed by atoms with Crippen LogP contribution in [0.2, 0.25) is 0 Å². The molecule has 0 aliphatic heterocycles. The molecule has 5 heteroatoms. The predicted octanol–water partition coefficient (Wildman–Crippen LogP) is 2.04. The third kappa shape index (κ3) is 1.20. The van der Waals surface area contributed by atoms with E-state index in [4.69, 9.17) is 5.73 Å². The molecule has 2 aromatic heterocycles. The Hall–Kier alpha value is -1.88. The number of hydrogen-bond acceptors (Lipinski definition) is 4. The molecule has 15 heavy (non-hydrogen) atoms. The molecule has 4 nitrogen and oxygen atoms in total. The number of nitrogen functional groups attached to an aromatic ring is 1. The first kappa shape index (κ1) is 8.43. The summed E-state index contributed by atoms with van der Waals surface area (Å²) in [6.45, 7) is 0. The SMILES string of the molecule is Nc1nnc2scc(-c3ccccc3)n12. The molecule has 2 heterocycles. The quantitative estimate of drug-likeness (QED) is 0.677. The Morgan fingerprint density at radius 2 is 1.93 bits per heavy atom. The van der Waals surface area contributed by atoms with Crippen LogP contribution in [-0.4, -0.2) is 14.6 Å². The standard InChI is InChI=1S/C10H8N4S/c11-9-12-13-10-14(9)8(6-15-10)7-4-2-1-3-5-7/h1-6H,(H2,11,12). The van der Waals surface area contributed by atoms with Crippen molar-refractivity contribution in [3.63, 3.8) is 0 Å². The van der Waals surface area contributed by atoms with Crippen LogP contribution in [0.1, 0.15) is 0 Å². The van der Waals surface area contributed by atoms with Crippen LogP contribution in [0, 0.1) is 0 Å². The van der Waals surface area contributed by atoms with Gasteiger partial charge in [-0.2, -0.15) is 0 Å². The minimum absolute atomic E-state index is 0.435. The Morgan fingerprint density at radius 1 is 1.13 bits per heavy atom. The van der Waals surface area contributed by atoms with Gasteiger partial charge >= 0.3 is 0 Å². The summed E-state index contributed by atoms with van der Waals surface area (Å²) >= 11 is 1.54. The molecule has 2 N–H and O–H groups in total. The second-order valence-electron chi connectivity index (χ2n) is 3.16. The zero-order chi connectivity index (χ0) is 10.3. The molecule has 0 saturated heterocycles. The van der Waals surface area contributed by atoms with E-state index in [1.165, 1.54) is 11.3 Å². The van der Waals surface area contributed by atoms with E-state index in [0.717, 1.165) is 16.2 Å². The van der Waals surface area contributed by atoms with E-state index in [-0.39, 0.29) is 0 Å². The Kier molecular flexibility index (Phi) is 1.72. The number of fused-ring (bicyclic) bond motifs is 1. The average molecular weight is 216 g/mol. The molecule has 0 aliphatic carbocycles. The molecule has 3 aromatic rings. The third-order valence-corrected chi connectivity index (χ3v) is 3.06. The largest absolute Gasteiger partial charge is 0.368 e. The fourth-order valence-electron chi connectivity index (χ4n) is 1.55. The molecule has 1 aromatic carbocycles. The smallest absolute Gasteiger partial charge is 0.227 e. The summed E-state index contributed by atoms with van der Waals surface area (Å²) in [7, 11) is 0. The van der Waals surface area contributed by atoms with Gasteiger partial charge in [0.25, 0.3) is 0 Å². The first-order valence-electron chi connectivity index (χ1n) is 4.50. The summed E-state index contributed by atoms with van der Waals surface area (Å²) < 4.78 is 1.86. The predicted molar refractivity (Wildman–Crippen MR) is 60.7 cm³/mol. The van der Waals surface area contributed by atoms with E-state index < -0.39 is 0 Å². The van der Waals surface area contributed by atoms with Gasteiger partial charge in [0.15, 0.2) is 0 Å². The van der Waals surface area contributed by atoms with Crippen LogP contribution in [-0.2, 0) is 0 Å². The monoisotopic (exact) mass is 216 g/mol. The number of benzene rings is 1. The second kappa shape index (κ2) is 3.06. The second-order valence-corrected chi connectivity index (χ2v) is 4.00. The summed E-state index contributed by atoms with van der Waals surface area (Å²) in [5, 5.41) is 9.85. The van der Waals surface area contributed by atoms with Gasteiger partial charge in [-0.3, -0.25) is 4.40 Å². The van der Waals surface area contributed by atoms with Crippen LogP contribution >= 0.6 is 11.3 Å². The van der Waals surface area contributed by atoms with Gasteiger partial charge in [0.2, 0.25) is 10.9 Å². The van der Waals surface area contributed by atoms with Gasteiger partial charge in [-0.15, -0.1) is 21.5 Å². The number of aromatic nitrogens is 3. The number of anilines is 1. The number of hydrogen-bond donors (Lipinski definition) is 1. The topological polar surface area (TPSA) is 56.2 Å². The summed E-state index contributed by atoms with van der Waals surface area (Å²) in [5.41, 5.74) is 7.92. The Morgan fingerprint density at radius 3 is 2.73 bits per heavy atom. The van der Waals surface area contributed by atoms with E-state index >= 15 is 0 Å². The number of rotatable bonds is 1. The molecule has 0 saturated carbocycles. The van der Waals surface area contributed by atoms with Crippen LogP contribution in [0.3, 0.4) is 0 Å². The fourth-order valence-corrected chi connectivity index (χ4v) is 2.40. The normalized spacial score (nSPS) is 10.9. The minimum Gasteiger partial charge on any atom is -0.368 e. The van der Waals surface area contributed by atoms with Crippen molar-refractivity contribution in [2.75, 3.05) is 5.73 Å². The highest BCUT2D eigenvalue weighted by molar-refractivity contribution is 7.15. The van der Waals surface area contributed by atoms with Gasteiger partial charge in [0.1, 0.15) is 0 Å². The highest BCUT2D eigenvalue weighted by Crippen LogP contribution is 2.26. The molecule has 0 bridgehead atoms. The Labute approximate surface area is 90.0 Å². The van der Waals surface area contributed by atoms with Crippen molar-refractivity contribution in [3.05, 3.63) is 35.7 Å². The van der Waals surface area contributed by atoms with Crippen LogP contribution in [0.4, 0.5) is 5.95 Å². The Balaban J connectivity index is 2.31. The van der Waals surface area contributed by atoms with E-state index in [2.05, 4.69) is 10.2 Å². The maximum absolute atomic E-state index is 5.75. The zero-order valence-electron chi connectivity index (χ0n) is 7.79. The summed E-state index contributed by atoms with van der Waals surface area (Å²) in [6, 6.07) is 10.1. The molecule has 0 aliphatic rings. The van der Waals surface area contributed by atoms with Crippen LogP contribution < -0.4 is 5.73 Å². The van der Waals surface area contributed by atoms with Crippen molar-refractivity contribution >= 4 is 22.2 Å². The van der Waals surface area contributed by atoms with Gasteiger partial charge in [0.05, 0.1) is 5.69 Å². The lowest BCUT2D eigenvalue weighted by Crippen LogP contribution is -1.94. The molecule has 0 spiro atoms.